The van der Waals surface area contributed by atoms with Crippen LogP contribution in [0.1, 0.15) is 53.6 Å². The zero-order valence-corrected chi connectivity index (χ0v) is 25.2. The lowest BCUT2D eigenvalue weighted by molar-refractivity contribution is -0.141. The van der Waals surface area contributed by atoms with E-state index in [1.807, 2.05) is 30.3 Å². The summed E-state index contributed by atoms with van der Waals surface area (Å²) in [5, 5.41) is 3.79. The van der Waals surface area contributed by atoms with Gasteiger partial charge in [0.1, 0.15) is 10.9 Å². The molecule has 3 amide bonds. The summed E-state index contributed by atoms with van der Waals surface area (Å²) in [5.41, 5.74) is 1.39. The molecule has 3 aromatic carbocycles. The second kappa shape index (κ2) is 12.9. The van der Waals surface area contributed by atoms with Gasteiger partial charge in [0.2, 0.25) is 11.8 Å². The number of nitrogens with zero attached hydrogens (tertiary/aromatic N) is 2. The number of fused-ring (bicyclic) bond motifs is 1. The van der Waals surface area contributed by atoms with E-state index in [1.165, 1.54) is 17.0 Å². The van der Waals surface area contributed by atoms with E-state index >= 15 is 0 Å². The molecule has 0 spiro atoms. The molecule has 2 aliphatic rings. The highest BCUT2D eigenvalue weighted by Crippen LogP contribution is 2.31. The van der Waals surface area contributed by atoms with Crippen LogP contribution in [0.3, 0.4) is 0 Å². The van der Waals surface area contributed by atoms with Crippen molar-refractivity contribution in [1.82, 2.24) is 14.5 Å². The van der Waals surface area contributed by atoms with E-state index in [1.54, 1.807) is 30.3 Å². The SMILES string of the molecule is O=C(NC1CCCC1)C(Cc1ccccc1)N(Cc1c(Cl)cccc1Cl)C(=O)CCN1C(=O)c2ccccc2S1(=O)=O. The number of carbonyl (C=O) groups excluding carboxylic acids is 3. The molecule has 1 atom stereocenters. The summed E-state index contributed by atoms with van der Waals surface area (Å²) >= 11 is 13.0. The lowest BCUT2D eigenvalue weighted by Crippen LogP contribution is -2.52. The molecule has 0 bridgehead atoms. The van der Waals surface area contributed by atoms with Crippen molar-refractivity contribution in [1.29, 1.82) is 0 Å². The average Bonchev–Trinajstić information content (AvgIpc) is 3.55. The van der Waals surface area contributed by atoms with Crippen molar-refractivity contribution < 1.29 is 22.8 Å². The van der Waals surface area contributed by atoms with Crippen LogP contribution >= 0.6 is 23.2 Å². The van der Waals surface area contributed by atoms with Gasteiger partial charge in [0, 0.05) is 47.6 Å². The van der Waals surface area contributed by atoms with Crippen molar-refractivity contribution in [3.8, 4) is 0 Å². The van der Waals surface area contributed by atoms with Gasteiger partial charge in [-0.15, -0.1) is 0 Å². The molecule has 220 valence electrons. The lowest BCUT2D eigenvalue weighted by Gasteiger charge is -2.33. The number of amides is 3. The van der Waals surface area contributed by atoms with Gasteiger partial charge < -0.3 is 10.2 Å². The molecule has 1 aliphatic carbocycles. The molecule has 0 radical (unpaired) electrons. The van der Waals surface area contributed by atoms with Crippen LogP contribution in [0, 0.1) is 0 Å². The molecule has 3 aromatic rings. The van der Waals surface area contributed by atoms with Crippen LogP contribution in [0.25, 0.3) is 0 Å². The highest BCUT2D eigenvalue weighted by atomic mass is 35.5. The summed E-state index contributed by atoms with van der Waals surface area (Å²) in [6.07, 6.45) is 3.66. The first-order valence-electron chi connectivity index (χ1n) is 13.9. The Morgan fingerprint density at radius 1 is 0.929 bits per heavy atom. The number of halogens is 2. The summed E-state index contributed by atoms with van der Waals surface area (Å²) < 4.78 is 27.0. The highest BCUT2D eigenvalue weighted by Gasteiger charge is 2.41. The van der Waals surface area contributed by atoms with Gasteiger partial charge in [0.05, 0.1) is 5.56 Å². The number of hydrogen-bond donors (Lipinski definition) is 1. The molecule has 42 heavy (non-hydrogen) atoms. The number of sulfonamides is 1. The lowest BCUT2D eigenvalue weighted by atomic mass is 10.0. The molecule has 1 saturated carbocycles. The third-order valence-electron chi connectivity index (χ3n) is 7.80. The van der Waals surface area contributed by atoms with E-state index in [4.69, 9.17) is 23.2 Å². The number of benzene rings is 3. The number of hydrogen-bond acceptors (Lipinski definition) is 5. The van der Waals surface area contributed by atoms with E-state index in [-0.39, 0.29) is 48.3 Å². The molecular formula is C31H31Cl2N3O5S. The molecule has 1 aliphatic heterocycles. The first-order valence-corrected chi connectivity index (χ1v) is 16.1. The first kappa shape index (κ1) is 30.1. The standard InChI is InChI=1S/C31H31Cl2N3O5S/c32-25-14-8-15-26(33)24(25)20-35(27(19-21-9-2-1-3-10-21)30(38)34-22-11-4-5-12-22)29(37)17-18-36-31(39)23-13-6-7-16-28(23)42(36,40)41/h1-3,6-10,13-16,22,27H,4-5,11-12,17-20H2,(H,34,38). The van der Waals surface area contributed by atoms with E-state index in [2.05, 4.69) is 5.32 Å². The predicted molar refractivity (Wildman–Crippen MR) is 161 cm³/mol. The number of rotatable bonds is 10. The maximum absolute atomic E-state index is 14.0. The Balaban J connectivity index is 1.46. The van der Waals surface area contributed by atoms with Crippen molar-refractivity contribution in [2.24, 2.45) is 0 Å². The minimum atomic E-state index is -4.10. The summed E-state index contributed by atoms with van der Waals surface area (Å²) in [4.78, 5) is 42.2. The van der Waals surface area contributed by atoms with E-state index in [9.17, 15) is 22.8 Å². The van der Waals surface area contributed by atoms with Gasteiger partial charge in [-0.05, 0) is 42.7 Å². The zero-order valence-electron chi connectivity index (χ0n) is 22.8. The Labute approximate surface area is 255 Å². The monoisotopic (exact) mass is 627 g/mol. The van der Waals surface area contributed by atoms with Crippen molar-refractivity contribution in [3.63, 3.8) is 0 Å². The smallest absolute Gasteiger partial charge is 0.269 e. The molecule has 0 saturated heterocycles. The fourth-order valence-electron chi connectivity index (χ4n) is 5.57. The van der Waals surface area contributed by atoms with Crippen LogP contribution in [-0.4, -0.2) is 54.0 Å². The summed E-state index contributed by atoms with van der Waals surface area (Å²) in [5.74, 6) is -1.49. The van der Waals surface area contributed by atoms with Crippen LogP contribution < -0.4 is 5.32 Å². The van der Waals surface area contributed by atoms with Crippen LogP contribution in [0.2, 0.25) is 10.0 Å². The van der Waals surface area contributed by atoms with Gasteiger partial charge in [-0.3, -0.25) is 14.4 Å². The average molecular weight is 629 g/mol. The quantitative estimate of drug-likeness (QED) is 0.332. The molecule has 1 unspecified atom stereocenters. The van der Waals surface area contributed by atoms with E-state index < -0.39 is 27.9 Å². The Bertz CT molecular complexity index is 1570. The largest absolute Gasteiger partial charge is 0.352 e. The topological polar surface area (TPSA) is 104 Å². The Morgan fingerprint density at radius 2 is 1.57 bits per heavy atom. The summed E-state index contributed by atoms with van der Waals surface area (Å²) in [6.45, 7) is -0.447. The summed E-state index contributed by atoms with van der Waals surface area (Å²) in [6, 6.07) is 19.4. The van der Waals surface area contributed by atoms with Crippen LogP contribution in [-0.2, 0) is 32.6 Å². The Morgan fingerprint density at radius 3 is 2.24 bits per heavy atom. The van der Waals surface area contributed by atoms with Crippen LogP contribution in [0.15, 0.2) is 77.7 Å². The van der Waals surface area contributed by atoms with E-state index in [0.29, 0.717) is 15.6 Å². The third-order valence-corrected chi connectivity index (χ3v) is 10.4. The molecule has 0 aromatic heterocycles. The fraction of sp³-hybridized carbons (Fsp3) is 0.323. The first-order chi connectivity index (χ1) is 20.2. The molecule has 11 heteroatoms. The van der Waals surface area contributed by atoms with Gasteiger partial charge in [-0.25, -0.2) is 12.7 Å². The molecule has 5 rings (SSSR count). The maximum Gasteiger partial charge on any atom is 0.269 e. The normalized spacial score (nSPS) is 16.7. The second-order valence-electron chi connectivity index (χ2n) is 10.5. The molecule has 1 heterocycles. The predicted octanol–water partition coefficient (Wildman–Crippen LogP) is 5.23. The maximum atomic E-state index is 14.0. The highest BCUT2D eigenvalue weighted by molar-refractivity contribution is 7.90. The Hall–Kier alpha value is -3.40. The van der Waals surface area contributed by atoms with Crippen LogP contribution in [0.4, 0.5) is 0 Å². The van der Waals surface area contributed by atoms with Gasteiger partial charge in [0.25, 0.3) is 15.9 Å². The zero-order chi connectivity index (χ0) is 29.9. The van der Waals surface area contributed by atoms with Crippen molar-refractivity contribution in [2.45, 2.75) is 62.0 Å². The van der Waals surface area contributed by atoms with E-state index in [0.717, 1.165) is 35.6 Å². The van der Waals surface area contributed by atoms with Crippen molar-refractivity contribution in [3.05, 3.63) is 99.5 Å². The summed E-state index contributed by atoms with van der Waals surface area (Å²) in [7, 11) is -4.10. The van der Waals surface area contributed by atoms with Crippen molar-refractivity contribution in [2.75, 3.05) is 6.54 Å². The number of nitrogens with one attached hydrogen (secondary N) is 1. The van der Waals surface area contributed by atoms with Gasteiger partial charge in [0.15, 0.2) is 0 Å². The molecule has 1 fully saturated rings. The van der Waals surface area contributed by atoms with Gasteiger partial charge in [-0.1, -0.05) is 84.6 Å². The Kier molecular flexibility index (Phi) is 9.20. The van der Waals surface area contributed by atoms with Gasteiger partial charge >= 0.3 is 0 Å². The third kappa shape index (κ3) is 6.33. The minimum absolute atomic E-state index is 0.0162. The number of carbonyl (C=O) groups is 3. The molecular weight excluding hydrogens is 597 g/mol. The second-order valence-corrected chi connectivity index (χ2v) is 13.2. The fourth-order valence-corrected chi connectivity index (χ4v) is 7.65. The van der Waals surface area contributed by atoms with Crippen LogP contribution in [0.5, 0.6) is 0 Å². The molecule has 1 N–H and O–H groups in total. The van der Waals surface area contributed by atoms with Crippen molar-refractivity contribution >= 4 is 50.9 Å². The molecule has 8 nitrogen and oxygen atoms in total. The van der Waals surface area contributed by atoms with Gasteiger partial charge in [-0.2, -0.15) is 0 Å². The minimum Gasteiger partial charge on any atom is -0.352 e.